The van der Waals surface area contributed by atoms with Gasteiger partial charge >= 0.3 is 0 Å². The fraction of sp³-hybridized carbons (Fsp3) is 0.265. The maximum atomic E-state index is 12.5. The molecule has 0 amide bonds. The molecule has 0 bridgehead atoms. The van der Waals surface area contributed by atoms with Crippen LogP contribution in [0.15, 0.2) is 121 Å². The molecule has 1 fully saturated rings. The number of methoxy groups -OCH3 is 1. The molecule has 0 saturated carbocycles. The second kappa shape index (κ2) is 13.5. The van der Waals surface area contributed by atoms with Crippen molar-refractivity contribution in [3.63, 3.8) is 0 Å². The van der Waals surface area contributed by atoms with Crippen molar-refractivity contribution in [1.29, 1.82) is 0 Å². The molecule has 1 heterocycles. The van der Waals surface area contributed by atoms with Crippen molar-refractivity contribution in [3.05, 3.63) is 144 Å². The highest BCUT2D eigenvalue weighted by Gasteiger charge is 2.37. The summed E-state index contributed by atoms with van der Waals surface area (Å²) in [5.41, 5.74) is 4.54. The molecule has 1 aliphatic heterocycles. The molecule has 39 heavy (non-hydrogen) atoms. The second-order valence-electron chi connectivity index (χ2n) is 9.93. The third kappa shape index (κ3) is 6.52. The Bertz CT molecular complexity index is 1190. The van der Waals surface area contributed by atoms with Crippen LogP contribution in [0.3, 0.4) is 0 Å². The molecule has 5 nitrogen and oxygen atoms in total. The molecular formula is C34H36N2O3. The van der Waals surface area contributed by atoms with Crippen LogP contribution in [0.1, 0.15) is 34.4 Å². The van der Waals surface area contributed by atoms with Crippen LogP contribution in [0.4, 0.5) is 0 Å². The average Bonchev–Trinajstić information content (AvgIpc) is 3.01. The number of rotatable bonds is 11. The van der Waals surface area contributed by atoms with E-state index in [0.29, 0.717) is 19.7 Å². The highest BCUT2D eigenvalue weighted by molar-refractivity contribution is 5.55. The van der Waals surface area contributed by atoms with E-state index in [1.807, 2.05) is 36.4 Å². The average molecular weight is 521 g/mol. The van der Waals surface area contributed by atoms with Crippen molar-refractivity contribution in [3.8, 4) is 0 Å². The molecule has 2 atom stereocenters. The van der Waals surface area contributed by atoms with Gasteiger partial charge in [-0.15, -0.1) is 0 Å². The van der Waals surface area contributed by atoms with Crippen LogP contribution in [0.25, 0.3) is 0 Å². The molecular weight excluding hydrogens is 484 g/mol. The second-order valence-corrected chi connectivity index (χ2v) is 9.93. The highest BCUT2D eigenvalue weighted by Crippen LogP contribution is 2.33. The summed E-state index contributed by atoms with van der Waals surface area (Å²) in [5.74, 6) is 0. The molecule has 4 aromatic carbocycles. The zero-order valence-electron chi connectivity index (χ0n) is 22.4. The Morgan fingerprint density at radius 3 is 1.62 bits per heavy atom. The summed E-state index contributed by atoms with van der Waals surface area (Å²) in [5, 5.41) is 0. The van der Waals surface area contributed by atoms with E-state index in [-0.39, 0.29) is 18.2 Å². The standard InChI is InChI=1S/C34H36N2O3/c1-38-26-31-24-35(22-23-36(31)33(27-14-6-2-7-15-27)28-16-8-3-9-17-28)32(25-37)39-34(29-18-10-4-11-19-29)30-20-12-5-13-21-30/h2-21,25,31-34H,22-24,26H2,1H3. The molecule has 4 aromatic rings. The summed E-state index contributed by atoms with van der Waals surface area (Å²) in [6.07, 6.45) is -0.0868. The fourth-order valence-corrected chi connectivity index (χ4v) is 5.60. The predicted molar refractivity (Wildman–Crippen MR) is 154 cm³/mol. The number of carbonyl (C=O) groups is 1. The van der Waals surface area contributed by atoms with E-state index < -0.39 is 6.23 Å². The summed E-state index contributed by atoms with van der Waals surface area (Å²) < 4.78 is 12.3. The van der Waals surface area contributed by atoms with Gasteiger partial charge in [-0.2, -0.15) is 0 Å². The number of ether oxygens (including phenoxy) is 2. The number of nitrogens with zero attached hydrogens (tertiary/aromatic N) is 2. The van der Waals surface area contributed by atoms with E-state index in [1.165, 1.54) is 11.1 Å². The molecule has 1 saturated heterocycles. The third-order valence-corrected chi connectivity index (χ3v) is 7.44. The van der Waals surface area contributed by atoms with Crippen LogP contribution in [-0.4, -0.2) is 61.7 Å². The number of hydrogen-bond acceptors (Lipinski definition) is 5. The number of carbonyl (C=O) groups excluding carboxylic acids is 1. The van der Waals surface area contributed by atoms with Crippen molar-refractivity contribution in [1.82, 2.24) is 9.80 Å². The minimum absolute atomic E-state index is 0.0760. The summed E-state index contributed by atoms with van der Waals surface area (Å²) in [6, 6.07) is 41.6. The monoisotopic (exact) mass is 520 g/mol. The van der Waals surface area contributed by atoms with Crippen molar-refractivity contribution in [2.24, 2.45) is 0 Å². The summed E-state index contributed by atoms with van der Waals surface area (Å²) in [6.45, 7) is 2.69. The van der Waals surface area contributed by atoms with Crippen LogP contribution >= 0.6 is 0 Å². The molecule has 5 heteroatoms. The van der Waals surface area contributed by atoms with Gasteiger partial charge in [-0.25, -0.2) is 0 Å². The van der Waals surface area contributed by atoms with Crippen LogP contribution in [-0.2, 0) is 14.3 Å². The number of hydrogen-bond donors (Lipinski definition) is 0. The van der Waals surface area contributed by atoms with Gasteiger partial charge in [0.1, 0.15) is 6.10 Å². The molecule has 0 N–H and O–H groups in total. The van der Waals surface area contributed by atoms with Crippen molar-refractivity contribution in [2.75, 3.05) is 33.4 Å². The zero-order chi connectivity index (χ0) is 26.9. The Morgan fingerprint density at radius 2 is 1.18 bits per heavy atom. The Morgan fingerprint density at radius 1 is 0.718 bits per heavy atom. The van der Waals surface area contributed by atoms with Gasteiger partial charge in [-0.05, 0) is 22.3 Å². The van der Waals surface area contributed by atoms with Gasteiger partial charge in [0.15, 0.2) is 12.5 Å². The van der Waals surface area contributed by atoms with E-state index in [4.69, 9.17) is 9.47 Å². The number of benzene rings is 4. The number of piperazine rings is 1. The SMILES string of the molecule is COCC1CN(C(C=O)OC(c2ccccc2)c2ccccc2)CCN1C(c1ccccc1)c1ccccc1. The summed E-state index contributed by atoms with van der Waals surface area (Å²) >= 11 is 0. The van der Waals surface area contributed by atoms with Gasteiger partial charge in [0.2, 0.25) is 0 Å². The lowest BCUT2D eigenvalue weighted by molar-refractivity contribution is -0.145. The van der Waals surface area contributed by atoms with Crippen LogP contribution in [0, 0.1) is 0 Å². The van der Waals surface area contributed by atoms with E-state index in [1.54, 1.807) is 7.11 Å². The largest absolute Gasteiger partial charge is 0.383 e. The lowest BCUT2D eigenvalue weighted by atomic mass is 9.94. The van der Waals surface area contributed by atoms with Gasteiger partial charge in [-0.3, -0.25) is 14.6 Å². The molecule has 0 aromatic heterocycles. The first-order valence-corrected chi connectivity index (χ1v) is 13.6. The van der Waals surface area contributed by atoms with Crippen LogP contribution in [0.2, 0.25) is 0 Å². The van der Waals surface area contributed by atoms with Crippen molar-refractivity contribution >= 4 is 6.29 Å². The quantitative estimate of drug-likeness (QED) is 0.236. The minimum Gasteiger partial charge on any atom is -0.383 e. The van der Waals surface area contributed by atoms with E-state index in [0.717, 1.165) is 24.0 Å². The van der Waals surface area contributed by atoms with Gasteiger partial charge in [-0.1, -0.05) is 121 Å². The molecule has 0 radical (unpaired) electrons. The Hall–Kier alpha value is -3.61. The normalized spacial score (nSPS) is 17.4. The van der Waals surface area contributed by atoms with Crippen LogP contribution in [0.5, 0.6) is 0 Å². The first-order chi connectivity index (χ1) is 19.3. The number of aldehydes is 1. The molecule has 200 valence electrons. The van der Waals surface area contributed by atoms with Gasteiger partial charge in [0, 0.05) is 32.8 Å². The molecule has 2 unspecified atom stereocenters. The van der Waals surface area contributed by atoms with Gasteiger partial charge in [0.25, 0.3) is 0 Å². The lowest BCUT2D eigenvalue weighted by Crippen LogP contribution is -2.59. The van der Waals surface area contributed by atoms with Gasteiger partial charge in [0.05, 0.1) is 12.6 Å². The topological polar surface area (TPSA) is 42.0 Å². The maximum Gasteiger partial charge on any atom is 0.168 e. The molecule has 5 rings (SSSR count). The predicted octanol–water partition coefficient (Wildman–Crippen LogP) is 5.74. The zero-order valence-corrected chi connectivity index (χ0v) is 22.4. The van der Waals surface area contributed by atoms with Gasteiger partial charge < -0.3 is 9.47 Å². The fourth-order valence-electron chi connectivity index (χ4n) is 5.60. The lowest BCUT2D eigenvalue weighted by Gasteiger charge is -2.46. The third-order valence-electron chi connectivity index (χ3n) is 7.44. The van der Waals surface area contributed by atoms with Crippen LogP contribution < -0.4 is 0 Å². The Balaban J connectivity index is 1.40. The smallest absolute Gasteiger partial charge is 0.168 e. The molecule has 0 aliphatic carbocycles. The van der Waals surface area contributed by atoms with Crippen molar-refractivity contribution < 1.29 is 14.3 Å². The molecule has 0 spiro atoms. The van der Waals surface area contributed by atoms with E-state index >= 15 is 0 Å². The summed E-state index contributed by atoms with van der Waals surface area (Å²) in [7, 11) is 1.74. The highest BCUT2D eigenvalue weighted by atomic mass is 16.5. The first-order valence-electron chi connectivity index (χ1n) is 13.6. The maximum absolute atomic E-state index is 12.5. The molecule has 1 aliphatic rings. The Kier molecular flexibility index (Phi) is 9.30. The van der Waals surface area contributed by atoms with E-state index in [2.05, 4.69) is 94.7 Å². The van der Waals surface area contributed by atoms with E-state index in [9.17, 15) is 4.79 Å². The van der Waals surface area contributed by atoms with Crippen molar-refractivity contribution in [2.45, 2.75) is 24.4 Å². The first kappa shape index (κ1) is 27.0. The minimum atomic E-state index is -0.677. The summed E-state index contributed by atoms with van der Waals surface area (Å²) in [4.78, 5) is 17.2. The Labute approximate surface area is 231 Å².